The highest BCUT2D eigenvalue weighted by molar-refractivity contribution is 5.44. The maximum Gasteiger partial charge on any atom is 0.433 e. The predicted molar refractivity (Wildman–Crippen MR) is 76.7 cm³/mol. The first kappa shape index (κ1) is 16.1. The molecule has 2 N–H and O–H groups in total. The number of aromatic nitrogens is 4. The van der Waals surface area contributed by atoms with Gasteiger partial charge < -0.3 is 10.2 Å². The van der Waals surface area contributed by atoms with Crippen LogP contribution in [0.4, 0.5) is 24.9 Å². The van der Waals surface area contributed by atoms with Gasteiger partial charge in [0, 0.05) is 25.9 Å². The van der Waals surface area contributed by atoms with Gasteiger partial charge in [0.25, 0.3) is 0 Å². The highest BCUT2D eigenvalue weighted by atomic mass is 19.4. The van der Waals surface area contributed by atoms with Crippen LogP contribution in [0.15, 0.2) is 6.07 Å². The van der Waals surface area contributed by atoms with Crippen molar-refractivity contribution in [2.75, 3.05) is 24.3 Å². The molecule has 0 aliphatic carbocycles. The summed E-state index contributed by atoms with van der Waals surface area (Å²) in [7, 11) is 3.24. The minimum Gasteiger partial charge on any atom is -0.363 e. The van der Waals surface area contributed by atoms with Crippen molar-refractivity contribution in [3.8, 4) is 0 Å². The maximum atomic E-state index is 12.9. The van der Waals surface area contributed by atoms with E-state index in [-0.39, 0.29) is 18.3 Å². The molecule has 2 heterocycles. The van der Waals surface area contributed by atoms with E-state index in [4.69, 9.17) is 0 Å². The first-order valence-electron chi connectivity index (χ1n) is 6.56. The fourth-order valence-corrected chi connectivity index (χ4v) is 1.76. The Bertz CT molecular complexity index is 662. The molecule has 2 aromatic heterocycles. The van der Waals surface area contributed by atoms with Crippen LogP contribution in [0, 0.1) is 13.8 Å². The Hall–Kier alpha value is -2.32. The quantitative estimate of drug-likeness (QED) is 0.907. The maximum absolute atomic E-state index is 12.9. The van der Waals surface area contributed by atoms with Crippen molar-refractivity contribution in [2.24, 2.45) is 0 Å². The number of alkyl halides is 3. The van der Waals surface area contributed by atoms with E-state index in [1.165, 1.54) is 4.90 Å². The van der Waals surface area contributed by atoms with E-state index in [2.05, 4.69) is 25.5 Å². The molecule has 22 heavy (non-hydrogen) atoms. The first-order chi connectivity index (χ1) is 10.2. The molecule has 0 saturated carbocycles. The van der Waals surface area contributed by atoms with E-state index in [9.17, 15) is 13.2 Å². The number of halogens is 3. The highest BCUT2D eigenvalue weighted by Gasteiger charge is 2.34. The zero-order valence-electron chi connectivity index (χ0n) is 12.7. The summed E-state index contributed by atoms with van der Waals surface area (Å²) in [5.41, 5.74) is 1.59. The molecule has 0 aromatic carbocycles. The van der Waals surface area contributed by atoms with Crippen molar-refractivity contribution in [1.29, 1.82) is 0 Å². The van der Waals surface area contributed by atoms with E-state index < -0.39 is 11.9 Å². The molecule has 0 bridgehead atoms. The second-order valence-electron chi connectivity index (χ2n) is 5.10. The lowest BCUT2D eigenvalue weighted by Gasteiger charge is -2.15. The average molecular weight is 314 g/mol. The first-order valence-corrected chi connectivity index (χ1v) is 6.56. The summed E-state index contributed by atoms with van der Waals surface area (Å²) in [6.45, 7) is 4.00. The summed E-state index contributed by atoms with van der Waals surface area (Å²) in [5.74, 6) is 0.0957. The fourth-order valence-electron chi connectivity index (χ4n) is 1.76. The topological polar surface area (TPSA) is 69.7 Å². The van der Waals surface area contributed by atoms with E-state index in [0.29, 0.717) is 5.69 Å². The molecule has 0 amide bonds. The van der Waals surface area contributed by atoms with Gasteiger partial charge in [-0.05, 0) is 19.4 Å². The van der Waals surface area contributed by atoms with Crippen LogP contribution in [0.1, 0.15) is 22.6 Å². The summed E-state index contributed by atoms with van der Waals surface area (Å²) in [6.07, 6.45) is -4.52. The normalized spacial score (nSPS) is 11.6. The van der Waals surface area contributed by atoms with Crippen molar-refractivity contribution in [3.05, 3.63) is 28.7 Å². The van der Waals surface area contributed by atoms with Gasteiger partial charge in [-0.1, -0.05) is 0 Å². The van der Waals surface area contributed by atoms with Crippen molar-refractivity contribution in [2.45, 2.75) is 26.6 Å². The Balaban J connectivity index is 2.26. The summed E-state index contributed by atoms with van der Waals surface area (Å²) < 4.78 is 38.7. The predicted octanol–water partition coefficient (Wildman–Crippen LogP) is 2.51. The SMILES string of the molecule is Cc1[nH]nc(CNc2nc(N(C)C)cc(C(F)(F)F)n2)c1C. The standard InChI is InChI=1S/C13H17F3N6/c1-7-8(2)20-21-9(7)6-17-12-18-10(13(14,15)16)5-11(19-12)22(3)4/h5H,6H2,1-4H3,(H,20,21)(H,17,18,19). The smallest absolute Gasteiger partial charge is 0.363 e. The fraction of sp³-hybridized carbons (Fsp3) is 0.462. The zero-order chi connectivity index (χ0) is 16.5. The number of nitrogens with one attached hydrogen (secondary N) is 2. The number of hydrogen-bond donors (Lipinski definition) is 2. The van der Waals surface area contributed by atoms with Crippen LogP contribution in [0.25, 0.3) is 0 Å². The molecule has 9 heteroatoms. The van der Waals surface area contributed by atoms with Gasteiger partial charge in [-0.15, -0.1) is 0 Å². The van der Waals surface area contributed by atoms with Crippen LogP contribution in [0.2, 0.25) is 0 Å². The van der Waals surface area contributed by atoms with Crippen LogP contribution < -0.4 is 10.2 Å². The third-order valence-electron chi connectivity index (χ3n) is 3.23. The molecule has 0 atom stereocenters. The molecule has 0 spiro atoms. The molecule has 2 aromatic rings. The van der Waals surface area contributed by atoms with Gasteiger partial charge in [-0.3, -0.25) is 5.10 Å². The number of nitrogens with zero attached hydrogens (tertiary/aromatic N) is 4. The molecule has 2 rings (SSSR count). The van der Waals surface area contributed by atoms with Gasteiger partial charge in [0.1, 0.15) is 5.82 Å². The van der Waals surface area contributed by atoms with E-state index in [0.717, 1.165) is 17.3 Å². The van der Waals surface area contributed by atoms with Gasteiger partial charge in [0.15, 0.2) is 5.69 Å². The number of H-pyrrole nitrogens is 1. The van der Waals surface area contributed by atoms with Crippen LogP contribution in [-0.2, 0) is 12.7 Å². The van der Waals surface area contributed by atoms with Crippen molar-refractivity contribution >= 4 is 11.8 Å². The largest absolute Gasteiger partial charge is 0.433 e. The lowest BCUT2D eigenvalue weighted by molar-refractivity contribution is -0.141. The number of aryl methyl sites for hydroxylation is 1. The zero-order valence-corrected chi connectivity index (χ0v) is 12.7. The molecule has 0 radical (unpaired) electrons. The van der Waals surface area contributed by atoms with Gasteiger partial charge in [-0.2, -0.15) is 23.3 Å². The van der Waals surface area contributed by atoms with Gasteiger partial charge in [-0.25, -0.2) is 4.98 Å². The average Bonchev–Trinajstić information content (AvgIpc) is 2.75. The van der Waals surface area contributed by atoms with Crippen molar-refractivity contribution in [1.82, 2.24) is 20.2 Å². The van der Waals surface area contributed by atoms with Gasteiger partial charge >= 0.3 is 6.18 Å². The molecule has 0 aliphatic heterocycles. The number of rotatable bonds is 4. The van der Waals surface area contributed by atoms with Gasteiger partial charge in [0.05, 0.1) is 12.2 Å². The van der Waals surface area contributed by atoms with Crippen molar-refractivity contribution in [3.63, 3.8) is 0 Å². The number of hydrogen-bond acceptors (Lipinski definition) is 5. The molecule has 0 aliphatic rings. The number of aromatic amines is 1. The van der Waals surface area contributed by atoms with Crippen LogP contribution in [-0.4, -0.2) is 34.3 Å². The Morgan fingerprint density at radius 2 is 1.91 bits per heavy atom. The molecule has 0 saturated heterocycles. The van der Waals surface area contributed by atoms with Crippen LogP contribution in [0.3, 0.4) is 0 Å². The lowest BCUT2D eigenvalue weighted by atomic mass is 10.2. The minimum atomic E-state index is -4.52. The van der Waals surface area contributed by atoms with E-state index >= 15 is 0 Å². The van der Waals surface area contributed by atoms with Crippen LogP contribution in [0.5, 0.6) is 0 Å². The number of anilines is 2. The second-order valence-corrected chi connectivity index (χ2v) is 5.10. The Kier molecular flexibility index (Phi) is 4.25. The molecule has 0 fully saturated rings. The van der Waals surface area contributed by atoms with Crippen LogP contribution >= 0.6 is 0 Å². The summed E-state index contributed by atoms with van der Waals surface area (Å²) in [6, 6.07) is 0.912. The molecular weight excluding hydrogens is 297 g/mol. The second kappa shape index (κ2) is 5.82. The summed E-state index contributed by atoms with van der Waals surface area (Å²) >= 11 is 0. The Labute approximate surface area is 125 Å². The molecule has 6 nitrogen and oxygen atoms in total. The molecule has 0 unspecified atom stereocenters. The highest BCUT2D eigenvalue weighted by Crippen LogP contribution is 2.30. The monoisotopic (exact) mass is 314 g/mol. The lowest BCUT2D eigenvalue weighted by Crippen LogP contribution is -2.17. The van der Waals surface area contributed by atoms with Crippen molar-refractivity contribution < 1.29 is 13.2 Å². The third-order valence-corrected chi connectivity index (χ3v) is 3.23. The minimum absolute atomic E-state index is 0.0846. The Morgan fingerprint density at radius 3 is 2.41 bits per heavy atom. The molecular formula is C13H17F3N6. The third kappa shape index (κ3) is 3.46. The van der Waals surface area contributed by atoms with Gasteiger partial charge in [0.2, 0.25) is 5.95 Å². The van der Waals surface area contributed by atoms with E-state index in [1.807, 2.05) is 13.8 Å². The Morgan fingerprint density at radius 1 is 1.23 bits per heavy atom. The summed E-state index contributed by atoms with van der Waals surface area (Å²) in [5, 5.41) is 9.69. The molecule has 120 valence electrons. The van der Waals surface area contributed by atoms with E-state index in [1.54, 1.807) is 14.1 Å². The summed E-state index contributed by atoms with van der Waals surface area (Å²) in [4.78, 5) is 9.08.